The van der Waals surface area contributed by atoms with E-state index in [-0.39, 0.29) is 47.2 Å². The highest BCUT2D eigenvalue weighted by Gasteiger charge is 2.56. The molecule has 2 aromatic rings. The average molecular weight is 518 g/mol. The zero-order chi connectivity index (χ0) is 26.4. The summed E-state index contributed by atoms with van der Waals surface area (Å²) in [6, 6.07) is 10.0. The molecule has 0 aliphatic carbocycles. The van der Waals surface area contributed by atoms with E-state index in [4.69, 9.17) is 16.3 Å². The number of quaternary nitrogens is 1. The van der Waals surface area contributed by atoms with Gasteiger partial charge in [0.05, 0.1) is 16.2 Å². The van der Waals surface area contributed by atoms with Gasteiger partial charge in [0, 0.05) is 41.8 Å². The molecule has 3 atom stereocenters. The van der Waals surface area contributed by atoms with Crippen molar-refractivity contribution in [3.8, 4) is 5.75 Å². The second-order valence-electron chi connectivity index (χ2n) is 9.38. The van der Waals surface area contributed by atoms with Crippen molar-refractivity contribution in [1.82, 2.24) is 5.32 Å². The molecule has 0 spiro atoms. The number of carbonyl (C=O) groups is 1. The van der Waals surface area contributed by atoms with Crippen LogP contribution in [0.2, 0.25) is 5.02 Å². The van der Waals surface area contributed by atoms with Crippen LogP contribution in [-0.4, -0.2) is 61.2 Å². The van der Waals surface area contributed by atoms with Crippen molar-refractivity contribution in [2.75, 3.05) is 6.54 Å². The van der Waals surface area contributed by atoms with Gasteiger partial charge in [0.15, 0.2) is 6.10 Å². The van der Waals surface area contributed by atoms with Gasteiger partial charge in [0.1, 0.15) is 17.9 Å². The van der Waals surface area contributed by atoms with Crippen LogP contribution < -0.4 is 5.32 Å². The molecule has 1 saturated heterocycles. The Labute approximate surface area is 211 Å². The predicted molar refractivity (Wildman–Crippen MR) is 130 cm³/mol. The molecule has 0 aromatic heterocycles. The van der Waals surface area contributed by atoms with Crippen LogP contribution in [0, 0.1) is 10.1 Å². The first kappa shape index (κ1) is 25.7. The van der Waals surface area contributed by atoms with Crippen LogP contribution in [0.25, 0.3) is 5.70 Å². The fraction of sp³-hybridized carbons (Fsp3) is 0.333. The number of hydrogen-bond donors (Lipinski definition) is 4. The molecule has 3 unspecified atom stereocenters. The Morgan fingerprint density at radius 2 is 2.06 bits per heavy atom. The van der Waals surface area contributed by atoms with Gasteiger partial charge < -0.3 is 20.3 Å². The normalized spacial score (nSPS) is 25.1. The van der Waals surface area contributed by atoms with Crippen LogP contribution in [0.1, 0.15) is 31.9 Å². The lowest BCUT2D eigenvalue weighted by Crippen LogP contribution is -2.61. The minimum absolute atomic E-state index is 0.0398. The van der Waals surface area contributed by atoms with Gasteiger partial charge in [-0.15, -0.1) is 4.65 Å². The molecule has 2 aliphatic rings. The number of nitrogens with one attached hydrogen (secondary N) is 1. The van der Waals surface area contributed by atoms with Crippen molar-refractivity contribution in [3.63, 3.8) is 0 Å². The SMILES string of the molecule is CC1=NC(c2cccc([N+](=O)[O-])c2)=C2C(C(=O)NCc3cc(Cl)ccc3O)OC(C)(C)C[N+]1(O)C2O. The molecule has 1 amide bonds. The molecule has 0 saturated carbocycles. The predicted octanol–water partition coefficient (Wildman–Crippen LogP) is 3.12. The lowest BCUT2D eigenvalue weighted by molar-refractivity contribution is -1.06. The molecule has 1 fully saturated rings. The fourth-order valence-corrected chi connectivity index (χ4v) is 4.66. The van der Waals surface area contributed by atoms with Gasteiger partial charge in [-0.2, -0.15) is 4.99 Å². The summed E-state index contributed by atoms with van der Waals surface area (Å²) in [6.45, 7) is 4.65. The summed E-state index contributed by atoms with van der Waals surface area (Å²) in [5.74, 6) is -0.598. The van der Waals surface area contributed by atoms with Gasteiger partial charge in [-0.1, -0.05) is 23.7 Å². The van der Waals surface area contributed by atoms with E-state index in [1.165, 1.54) is 43.3 Å². The molecule has 2 aliphatic heterocycles. The van der Waals surface area contributed by atoms with Gasteiger partial charge in [0.2, 0.25) is 5.84 Å². The third-order valence-electron chi connectivity index (χ3n) is 6.19. The molecule has 4 N–H and O–H groups in total. The van der Waals surface area contributed by atoms with Crippen LogP contribution in [0.5, 0.6) is 5.75 Å². The summed E-state index contributed by atoms with van der Waals surface area (Å²) < 4.78 is 5.13. The second kappa shape index (κ2) is 9.26. The number of nitro benzene ring substituents is 1. The monoisotopic (exact) mass is 517 g/mol. The quantitative estimate of drug-likeness (QED) is 0.270. The van der Waals surface area contributed by atoms with Crippen LogP contribution in [0.15, 0.2) is 53.0 Å². The van der Waals surface area contributed by atoms with Gasteiger partial charge in [-0.25, -0.2) is 5.21 Å². The number of aromatic hydroxyl groups is 1. The number of nitrogens with zero attached hydrogens (tertiary/aromatic N) is 3. The maximum absolute atomic E-state index is 13.5. The Kier molecular flexibility index (Phi) is 6.62. The van der Waals surface area contributed by atoms with Crippen LogP contribution in [-0.2, 0) is 16.1 Å². The number of rotatable bonds is 5. The van der Waals surface area contributed by atoms with E-state index in [0.717, 1.165) is 0 Å². The summed E-state index contributed by atoms with van der Waals surface area (Å²) in [6.07, 6.45) is -3.04. The maximum atomic E-state index is 13.5. The number of nitro groups is 1. The molecular formula is C24H26ClN4O7+. The first-order chi connectivity index (χ1) is 16.8. The Bertz CT molecular complexity index is 1310. The van der Waals surface area contributed by atoms with Crippen molar-refractivity contribution in [2.45, 2.75) is 45.2 Å². The summed E-state index contributed by atoms with van der Waals surface area (Å²) in [5.41, 5.74) is -0.603. The summed E-state index contributed by atoms with van der Waals surface area (Å²) in [4.78, 5) is 28.7. The van der Waals surface area contributed by atoms with Crippen molar-refractivity contribution in [2.24, 2.45) is 4.99 Å². The number of non-ortho nitro benzene ring substituents is 1. The summed E-state index contributed by atoms with van der Waals surface area (Å²) in [5, 5.41) is 47.2. The van der Waals surface area contributed by atoms with Crippen LogP contribution >= 0.6 is 11.6 Å². The van der Waals surface area contributed by atoms with Crippen molar-refractivity contribution in [3.05, 3.63) is 74.3 Å². The zero-order valence-electron chi connectivity index (χ0n) is 19.8. The fourth-order valence-electron chi connectivity index (χ4n) is 4.47. The number of phenolic OH excluding ortho intramolecular Hbond substituents is 1. The van der Waals surface area contributed by atoms with E-state index < -0.39 is 33.4 Å². The first-order valence-electron chi connectivity index (χ1n) is 11.1. The largest absolute Gasteiger partial charge is 0.508 e. The number of benzene rings is 2. The number of amidine groups is 1. The molecule has 190 valence electrons. The molecule has 2 bridgehead atoms. The Balaban J connectivity index is 1.82. The topological polar surface area (TPSA) is 155 Å². The van der Waals surface area contributed by atoms with Gasteiger partial charge in [0.25, 0.3) is 17.8 Å². The average Bonchev–Trinajstić information content (AvgIpc) is 2.87. The molecule has 2 heterocycles. The Hall–Kier alpha value is -3.35. The number of aliphatic imine (C=N–C) groups is 1. The van der Waals surface area contributed by atoms with E-state index in [1.807, 2.05) is 0 Å². The highest BCUT2D eigenvalue weighted by molar-refractivity contribution is 6.30. The molecule has 11 nitrogen and oxygen atoms in total. The Morgan fingerprint density at radius 1 is 1.33 bits per heavy atom. The number of halogens is 1. The summed E-state index contributed by atoms with van der Waals surface area (Å²) >= 11 is 6.00. The van der Waals surface area contributed by atoms with Crippen LogP contribution in [0.3, 0.4) is 0 Å². The standard InChI is InChI=1S/C24H25ClN4O7/c1-13-27-20(14-5-4-6-17(10-14)28(33)34)19-21(36-24(2,3)12-29(13,35)23(19)32)22(31)26-11-15-9-16(25)7-8-18(15)30/h4-10,21,23,32,35H,11-12H2,1-3H3,(H-,26,30,31)/p+1. The number of aliphatic hydroxyl groups excluding tert-OH is 1. The number of aliphatic hydroxyl groups is 1. The molecule has 0 radical (unpaired) electrons. The first-order valence-corrected chi connectivity index (χ1v) is 11.5. The van der Waals surface area contributed by atoms with Crippen LogP contribution in [0.4, 0.5) is 5.69 Å². The smallest absolute Gasteiger partial charge is 0.270 e. The van der Waals surface area contributed by atoms with Gasteiger partial charge >= 0.3 is 0 Å². The number of amides is 1. The van der Waals surface area contributed by atoms with E-state index in [0.29, 0.717) is 10.6 Å². The molecule has 36 heavy (non-hydrogen) atoms. The van der Waals surface area contributed by atoms with Gasteiger partial charge in [-0.05, 0) is 32.0 Å². The second-order valence-corrected chi connectivity index (χ2v) is 9.81. The molecule has 4 rings (SSSR count). The third-order valence-corrected chi connectivity index (χ3v) is 6.43. The highest BCUT2D eigenvalue weighted by atomic mass is 35.5. The highest BCUT2D eigenvalue weighted by Crippen LogP contribution is 2.41. The number of ether oxygens (including phenoxy) is 1. The molecular weight excluding hydrogens is 492 g/mol. The number of hydroxylamine groups is 3. The number of carbonyl (C=O) groups excluding carboxylic acids is 1. The lowest BCUT2D eigenvalue weighted by Gasteiger charge is -2.37. The Morgan fingerprint density at radius 3 is 2.75 bits per heavy atom. The summed E-state index contributed by atoms with van der Waals surface area (Å²) in [7, 11) is 0. The van der Waals surface area contributed by atoms with E-state index in [1.54, 1.807) is 19.9 Å². The number of fused-ring (bicyclic) bond motifs is 2. The molecule has 2 aromatic carbocycles. The van der Waals surface area contributed by atoms with Gasteiger partial charge in [-0.3, -0.25) is 14.9 Å². The van der Waals surface area contributed by atoms with E-state index in [2.05, 4.69) is 10.3 Å². The van der Waals surface area contributed by atoms with Crippen molar-refractivity contribution < 1.29 is 34.5 Å². The van der Waals surface area contributed by atoms with E-state index >= 15 is 0 Å². The minimum Gasteiger partial charge on any atom is -0.508 e. The molecule has 12 heteroatoms. The minimum atomic E-state index is -1.63. The maximum Gasteiger partial charge on any atom is 0.270 e. The third kappa shape index (κ3) is 4.71. The van der Waals surface area contributed by atoms with Crippen molar-refractivity contribution in [1.29, 1.82) is 0 Å². The number of hydrogen-bond acceptors (Lipinski definition) is 8. The van der Waals surface area contributed by atoms with Crippen molar-refractivity contribution >= 4 is 34.7 Å². The van der Waals surface area contributed by atoms with E-state index in [9.17, 15) is 30.3 Å². The zero-order valence-corrected chi connectivity index (χ0v) is 20.6. The lowest BCUT2D eigenvalue weighted by atomic mass is 9.97. The number of phenols is 1.